The van der Waals surface area contributed by atoms with Crippen LogP contribution in [0.4, 0.5) is 15.8 Å². The molecule has 2 aromatic carbocycles. The molecule has 21 heavy (non-hydrogen) atoms. The Morgan fingerprint density at radius 2 is 1.95 bits per heavy atom. The molecule has 0 spiro atoms. The molecule has 0 amide bonds. The summed E-state index contributed by atoms with van der Waals surface area (Å²) in [5.41, 5.74) is 7.69. The van der Waals surface area contributed by atoms with Crippen molar-refractivity contribution in [2.24, 2.45) is 0 Å². The minimum absolute atomic E-state index is 0.000273. The summed E-state index contributed by atoms with van der Waals surface area (Å²) in [5.74, 6) is -0.644. The summed E-state index contributed by atoms with van der Waals surface area (Å²) in [7, 11) is -3.90. The number of sulfonamides is 1. The van der Waals surface area contributed by atoms with E-state index < -0.39 is 15.8 Å². The van der Waals surface area contributed by atoms with E-state index in [1.165, 1.54) is 10.4 Å². The first-order valence-electron chi connectivity index (χ1n) is 6.26. The second kappa shape index (κ2) is 4.89. The minimum atomic E-state index is -3.90. The lowest BCUT2D eigenvalue weighted by atomic mass is 10.1. The summed E-state index contributed by atoms with van der Waals surface area (Å²) in [6.07, 6.45) is 0.562. The summed E-state index contributed by atoms with van der Waals surface area (Å²) < 4.78 is 40.0. The Hall–Kier alpha value is -1.79. The van der Waals surface area contributed by atoms with Crippen molar-refractivity contribution in [3.63, 3.8) is 0 Å². The van der Waals surface area contributed by atoms with Gasteiger partial charge < -0.3 is 5.73 Å². The molecule has 1 aliphatic heterocycles. The van der Waals surface area contributed by atoms with Crippen molar-refractivity contribution in [1.29, 1.82) is 0 Å². The van der Waals surface area contributed by atoms with Crippen molar-refractivity contribution in [3.05, 3.63) is 52.8 Å². The normalized spacial score (nSPS) is 14.3. The molecule has 0 fully saturated rings. The Labute approximate surface area is 127 Å². The number of nitrogens with two attached hydrogens (primary N) is 1. The van der Waals surface area contributed by atoms with E-state index >= 15 is 0 Å². The molecule has 0 atom stereocenters. The smallest absolute Gasteiger partial charge is 0.265 e. The SMILES string of the molecule is Nc1ccc2c(c1)CCN2S(=O)(=O)c1cc(F)ccc1Cl. The number of nitrogens with zero attached hydrogens (tertiary/aromatic N) is 1. The molecule has 7 heteroatoms. The molecular formula is C14H12ClFN2O2S. The average molecular weight is 327 g/mol. The molecule has 3 rings (SSSR count). The van der Waals surface area contributed by atoms with Gasteiger partial charge in [0.15, 0.2) is 0 Å². The average Bonchev–Trinajstić information content (AvgIpc) is 2.84. The Morgan fingerprint density at radius 3 is 2.71 bits per heavy atom. The van der Waals surface area contributed by atoms with Crippen LogP contribution in [0.25, 0.3) is 0 Å². The Bertz CT molecular complexity index is 824. The number of hydrogen-bond donors (Lipinski definition) is 1. The Kier molecular flexibility index (Phi) is 3.30. The monoisotopic (exact) mass is 326 g/mol. The van der Waals surface area contributed by atoms with Crippen LogP contribution in [0.15, 0.2) is 41.3 Å². The maximum absolute atomic E-state index is 13.4. The standard InChI is InChI=1S/C14H12ClFN2O2S/c15-12-3-1-10(16)8-14(12)21(19,20)18-6-5-9-7-11(17)2-4-13(9)18/h1-4,7-8H,5-6,17H2. The molecular weight excluding hydrogens is 315 g/mol. The van der Waals surface area contributed by atoms with E-state index in [0.717, 1.165) is 17.7 Å². The number of anilines is 2. The summed E-state index contributed by atoms with van der Waals surface area (Å²) in [4.78, 5) is -0.228. The van der Waals surface area contributed by atoms with E-state index in [1.807, 2.05) is 0 Å². The number of benzene rings is 2. The summed E-state index contributed by atoms with van der Waals surface area (Å²) >= 11 is 5.92. The van der Waals surface area contributed by atoms with Gasteiger partial charge in [-0.1, -0.05) is 11.6 Å². The third-order valence-corrected chi connectivity index (χ3v) is 5.71. The summed E-state index contributed by atoms with van der Waals surface area (Å²) in [6.45, 7) is 0.286. The summed E-state index contributed by atoms with van der Waals surface area (Å²) in [6, 6.07) is 8.34. The fourth-order valence-corrected chi connectivity index (χ4v) is 4.43. The van der Waals surface area contributed by atoms with Gasteiger partial charge in [0.2, 0.25) is 0 Å². The predicted molar refractivity (Wildman–Crippen MR) is 80.5 cm³/mol. The van der Waals surface area contributed by atoms with E-state index in [4.69, 9.17) is 17.3 Å². The minimum Gasteiger partial charge on any atom is -0.399 e. The van der Waals surface area contributed by atoms with Crippen LogP contribution in [-0.2, 0) is 16.4 Å². The van der Waals surface area contributed by atoms with Gasteiger partial charge in [-0.25, -0.2) is 12.8 Å². The van der Waals surface area contributed by atoms with Gasteiger partial charge in [-0.05, 0) is 48.4 Å². The topological polar surface area (TPSA) is 63.4 Å². The molecule has 110 valence electrons. The van der Waals surface area contributed by atoms with Crippen molar-refractivity contribution in [1.82, 2.24) is 0 Å². The maximum Gasteiger partial charge on any atom is 0.265 e. The number of fused-ring (bicyclic) bond motifs is 1. The van der Waals surface area contributed by atoms with Gasteiger partial charge in [0.05, 0.1) is 10.7 Å². The summed E-state index contributed by atoms with van der Waals surface area (Å²) in [5, 5.41) is 0.000273. The second-order valence-corrected chi connectivity index (χ2v) is 7.03. The largest absolute Gasteiger partial charge is 0.399 e. The van der Waals surface area contributed by atoms with Crippen LogP contribution in [-0.4, -0.2) is 15.0 Å². The predicted octanol–water partition coefficient (Wildman–Crippen LogP) is 2.81. The zero-order chi connectivity index (χ0) is 15.2. The lowest BCUT2D eigenvalue weighted by molar-refractivity contribution is 0.587. The first kappa shape index (κ1) is 14.2. The Balaban J connectivity index is 2.11. The van der Waals surface area contributed by atoms with Crippen LogP contribution in [0.2, 0.25) is 5.02 Å². The van der Waals surface area contributed by atoms with Crippen LogP contribution < -0.4 is 10.0 Å². The molecule has 0 saturated carbocycles. The fraction of sp³-hybridized carbons (Fsp3) is 0.143. The zero-order valence-corrected chi connectivity index (χ0v) is 12.5. The van der Waals surface area contributed by atoms with Crippen molar-refractivity contribution in [2.45, 2.75) is 11.3 Å². The van der Waals surface area contributed by atoms with E-state index in [9.17, 15) is 12.8 Å². The fourth-order valence-electron chi connectivity index (χ4n) is 2.43. The number of hydrogen-bond acceptors (Lipinski definition) is 3. The van der Waals surface area contributed by atoms with E-state index in [-0.39, 0.29) is 16.5 Å². The quantitative estimate of drug-likeness (QED) is 0.863. The van der Waals surface area contributed by atoms with Crippen LogP contribution in [0, 0.1) is 5.82 Å². The van der Waals surface area contributed by atoms with Crippen LogP contribution >= 0.6 is 11.6 Å². The van der Waals surface area contributed by atoms with Gasteiger partial charge >= 0.3 is 0 Å². The lowest BCUT2D eigenvalue weighted by Crippen LogP contribution is -2.29. The van der Waals surface area contributed by atoms with E-state index in [0.29, 0.717) is 17.8 Å². The third-order valence-electron chi connectivity index (χ3n) is 3.42. The molecule has 0 bridgehead atoms. The van der Waals surface area contributed by atoms with Gasteiger partial charge in [0.25, 0.3) is 10.0 Å². The molecule has 0 aromatic heterocycles. The molecule has 0 radical (unpaired) electrons. The van der Waals surface area contributed by atoms with Gasteiger partial charge in [-0.2, -0.15) is 0 Å². The van der Waals surface area contributed by atoms with Crippen LogP contribution in [0.3, 0.4) is 0 Å². The third kappa shape index (κ3) is 2.34. The highest BCUT2D eigenvalue weighted by molar-refractivity contribution is 7.93. The number of nitrogen functional groups attached to an aromatic ring is 1. The second-order valence-electron chi connectivity index (χ2n) is 4.79. The molecule has 2 N–H and O–H groups in total. The highest BCUT2D eigenvalue weighted by atomic mass is 35.5. The maximum atomic E-state index is 13.4. The zero-order valence-electron chi connectivity index (χ0n) is 10.9. The molecule has 1 aliphatic rings. The van der Waals surface area contributed by atoms with Crippen molar-refractivity contribution >= 4 is 33.0 Å². The molecule has 1 heterocycles. The van der Waals surface area contributed by atoms with Gasteiger partial charge in [0, 0.05) is 12.2 Å². The first-order chi connectivity index (χ1) is 9.89. The van der Waals surface area contributed by atoms with E-state index in [2.05, 4.69) is 0 Å². The van der Waals surface area contributed by atoms with Crippen LogP contribution in [0.5, 0.6) is 0 Å². The van der Waals surface area contributed by atoms with Gasteiger partial charge in [-0.15, -0.1) is 0 Å². The van der Waals surface area contributed by atoms with Crippen LogP contribution in [0.1, 0.15) is 5.56 Å². The van der Waals surface area contributed by atoms with Gasteiger partial charge in [0.1, 0.15) is 10.7 Å². The molecule has 0 aliphatic carbocycles. The highest BCUT2D eigenvalue weighted by Crippen LogP contribution is 2.35. The molecule has 0 unspecified atom stereocenters. The van der Waals surface area contributed by atoms with Crippen molar-refractivity contribution in [3.8, 4) is 0 Å². The molecule has 0 saturated heterocycles. The number of halogens is 2. The first-order valence-corrected chi connectivity index (χ1v) is 8.07. The lowest BCUT2D eigenvalue weighted by Gasteiger charge is -2.20. The molecule has 2 aromatic rings. The Morgan fingerprint density at radius 1 is 1.19 bits per heavy atom. The molecule has 4 nitrogen and oxygen atoms in total. The highest BCUT2D eigenvalue weighted by Gasteiger charge is 2.32. The van der Waals surface area contributed by atoms with Gasteiger partial charge in [-0.3, -0.25) is 4.31 Å². The van der Waals surface area contributed by atoms with E-state index in [1.54, 1.807) is 18.2 Å². The van der Waals surface area contributed by atoms with Crippen molar-refractivity contribution < 1.29 is 12.8 Å². The van der Waals surface area contributed by atoms with Crippen molar-refractivity contribution in [2.75, 3.05) is 16.6 Å². The number of rotatable bonds is 2.